The highest BCUT2D eigenvalue weighted by Crippen LogP contribution is 2.22. The molecule has 0 amide bonds. The number of rotatable bonds is 0. The van der Waals surface area contributed by atoms with Gasteiger partial charge in [-0.15, -0.1) is 0 Å². The summed E-state index contributed by atoms with van der Waals surface area (Å²) in [5.41, 5.74) is 6.43. The van der Waals surface area contributed by atoms with Crippen molar-refractivity contribution in [2.75, 3.05) is 6.54 Å². The summed E-state index contributed by atoms with van der Waals surface area (Å²) in [6.45, 7) is 1.12. The minimum atomic E-state index is 0.693. The first-order valence-corrected chi connectivity index (χ1v) is 3.62. The molecule has 1 fully saturated rings. The van der Waals surface area contributed by atoms with Crippen molar-refractivity contribution in [3.05, 3.63) is 12.2 Å². The Morgan fingerprint density at radius 1 is 1.44 bits per heavy atom. The van der Waals surface area contributed by atoms with Gasteiger partial charge in [0.05, 0.1) is 0 Å². The van der Waals surface area contributed by atoms with Gasteiger partial charge in [0.1, 0.15) is 0 Å². The van der Waals surface area contributed by atoms with Crippen LogP contribution in [0.15, 0.2) is 12.2 Å². The first-order valence-electron chi connectivity index (χ1n) is 3.62. The van der Waals surface area contributed by atoms with Gasteiger partial charge in [0.25, 0.3) is 0 Å². The molecule has 2 nitrogen and oxygen atoms in total. The van der Waals surface area contributed by atoms with Crippen LogP contribution in [0.25, 0.3) is 0 Å². The van der Waals surface area contributed by atoms with Gasteiger partial charge in [-0.05, 0) is 18.8 Å². The van der Waals surface area contributed by atoms with Crippen molar-refractivity contribution in [1.82, 2.24) is 10.9 Å². The maximum Gasteiger partial charge on any atom is 0.0310 e. The predicted octanol–water partition coefficient (Wildman–Crippen LogP) is 0.429. The van der Waals surface area contributed by atoms with Gasteiger partial charge in [-0.1, -0.05) is 12.2 Å². The van der Waals surface area contributed by atoms with E-state index in [0.717, 1.165) is 12.5 Å². The predicted molar refractivity (Wildman–Crippen MR) is 36.8 cm³/mol. The smallest absolute Gasteiger partial charge is 0.0310 e. The molecule has 9 heavy (non-hydrogen) atoms. The van der Waals surface area contributed by atoms with Crippen LogP contribution in [0.3, 0.4) is 0 Å². The molecule has 0 bridgehead atoms. The number of nitrogens with one attached hydrogen (secondary N) is 2. The average Bonchev–Trinajstić information content (AvgIpc) is 2.33. The molecule has 0 aromatic heterocycles. The fourth-order valence-electron chi connectivity index (χ4n) is 1.61. The molecule has 2 rings (SSSR count). The summed E-state index contributed by atoms with van der Waals surface area (Å²) < 4.78 is 0. The van der Waals surface area contributed by atoms with E-state index in [1.165, 1.54) is 12.8 Å². The standard InChI is InChI=1S/C7H12N2/c1-2-6-4-5-8-9-7(6)3-1/h1-2,6-9H,3-5H2. The SMILES string of the molecule is C1=CC2CCNNC2C1. The van der Waals surface area contributed by atoms with Crippen molar-refractivity contribution in [2.24, 2.45) is 5.92 Å². The Morgan fingerprint density at radius 3 is 3.33 bits per heavy atom. The molecule has 50 valence electrons. The van der Waals surface area contributed by atoms with Crippen molar-refractivity contribution >= 4 is 0 Å². The molecule has 1 aliphatic heterocycles. The Balaban J connectivity index is 2.03. The number of hydrazine groups is 1. The van der Waals surface area contributed by atoms with Gasteiger partial charge in [0.15, 0.2) is 0 Å². The Hall–Kier alpha value is -0.340. The largest absolute Gasteiger partial charge is 0.258 e. The van der Waals surface area contributed by atoms with Crippen molar-refractivity contribution in [1.29, 1.82) is 0 Å². The molecule has 2 N–H and O–H groups in total. The van der Waals surface area contributed by atoms with Crippen LogP contribution in [0.4, 0.5) is 0 Å². The highest BCUT2D eigenvalue weighted by molar-refractivity contribution is 5.05. The van der Waals surface area contributed by atoms with Crippen LogP contribution in [0.1, 0.15) is 12.8 Å². The van der Waals surface area contributed by atoms with Crippen LogP contribution in [0.2, 0.25) is 0 Å². The molecule has 2 heteroatoms. The quantitative estimate of drug-likeness (QED) is 0.457. The van der Waals surface area contributed by atoms with Crippen LogP contribution in [-0.4, -0.2) is 12.6 Å². The molecule has 1 heterocycles. The van der Waals surface area contributed by atoms with E-state index in [0.29, 0.717) is 6.04 Å². The lowest BCUT2D eigenvalue weighted by atomic mass is 9.99. The highest BCUT2D eigenvalue weighted by atomic mass is 15.4. The molecule has 0 spiro atoms. The number of hydrogen-bond acceptors (Lipinski definition) is 2. The van der Waals surface area contributed by atoms with Crippen molar-refractivity contribution in [3.8, 4) is 0 Å². The number of hydrogen-bond donors (Lipinski definition) is 2. The molecule has 0 radical (unpaired) electrons. The van der Waals surface area contributed by atoms with E-state index in [1.54, 1.807) is 0 Å². The monoisotopic (exact) mass is 124 g/mol. The minimum Gasteiger partial charge on any atom is -0.258 e. The van der Waals surface area contributed by atoms with Crippen LogP contribution >= 0.6 is 0 Å². The summed E-state index contributed by atoms with van der Waals surface area (Å²) in [6.07, 6.45) is 7.11. The molecule has 0 aromatic carbocycles. The highest BCUT2D eigenvalue weighted by Gasteiger charge is 2.24. The summed E-state index contributed by atoms with van der Waals surface area (Å²) in [7, 11) is 0. The second kappa shape index (κ2) is 2.12. The molecule has 2 unspecified atom stereocenters. The van der Waals surface area contributed by atoms with E-state index in [4.69, 9.17) is 0 Å². The van der Waals surface area contributed by atoms with E-state index in [9.17, 15) is 0 Å². The second-order valence-electron chi connectivity index (χ2n) is 2.79. The van der Waals surface area contributed by atoms with E-state index < -0.39 is 0 Å². The maximum atomic E-state index is 3.27. The van der Waals surface area contributed by atoms with Gasteiger partial charge in [0, 0.05) is 12.6 Å². The molecule has 1 aliphatic carbocycles. The van der Waals surface area contributed by atoms with Gasteiger partial charge in [-0.3, -0.25) is 10.9 Å². The van der Waals surface area contributed by atoms with Gasteiger partial charge in [0.2, 0.25) is 0 Å². The fraction of sp³-hybridized carbons (Fsp3) is 0.714. The molecular formula is C7H12N2. The van der Waals surface area contributed by atoms with Crippen LogP contribution in [0, 0.1) is 5.92 Å². The van der Waals surface area contributed by atoms with E-state index in [-0.39, 0.29) is 0 Å². The molecule has 0 saturated carbocycles. The summed E-state index contributed by atoms with van der Waals surface area (Å²) in [6, 6.07) is 0.693. The summed E-state index contributed by atoms with van der Waals surface area (Å²) in [5.74, 6) is 0.811. The third-order valence-corrected chi connectivity index (χ3v) is 2.18. The Labute approximate surface area is 55.3 Å². The summed E-state index contributed by atoms with van der Waals surface area (Å²) >= 11 is 0. The van der Waals surface area contributed by atoms with E-state index in [2.05, 4.69) is 23.0 Å². The van der Waals surface area contributed by atoms with Crippen LogP contribution in [0.5, 0.6) is 0 Å². The normalized spacial score (nSPS) is 40.9. The van der Waals surface area contributed by atoms with Crippen LogP contribution < -0.4 is 10.9 Å². The lowest BCUT2D eigenvalue weighted by Gasteiger charge is -2.26. The number of fused-ring (bicyclic) bond motifs is 1. The molecule has 2 aliphatic rings. The Morgan fingerprint density at radius 2 is 2.44 bits per heavy atom. The zero-order chi connectivity index (χ0) is 6.10. The molecule has 0 aromatic rings. The average molecular weight is 124 g/mol. The van der Waals surface area contributed by atoms with Gasteiger partial charge in [-0.2, -0.15) is 0 Å². The lowest BCUT2D eigenvalue weighted by Crippen LogP contribution is -2.48. The topological polar surface area (TPSA) is 24.1 Å². The van der Waals surface area contributed by atoms with E-state index >= 15 is 0 Å². The first-order chi connectivity index (χ1) is 4.47. The zero-order valence-electron chi connectivity index (χ0n) is 5.43. The van der Waals surface area contributed by atoms with Crippen molar-refractivity contribution in [3.63, 3.8) is 0 Å². The Kier molecular flexibility index (Phi) is 1.28. The second-order valence-corrected chi connectivity index (χ2v) is 2.79. The fourth-order valence-corrected chi connectivity index (χ4v) is 1.61. The van der Waals surface area contributed by atoms with Gasteiger partial charge >= 0.3 is 0 Å². The van der Waals surface area contributed by atoms with Gasteiger partial charge in [-0.25, -0.2) is 0 Å². The van der Waals surface area contributed by atoms with Gasteiger partial charge < -0.3 is 0 Å². The lowest BCUT2D eigenvalue weighted by molar-refractivity contribution is 0.299. The summed E-state index contributed by atoms with van der Waals surface area (Å²) in [5, 5.41) is 0. The van der Waals surface area contributed by atoms with E-state index in [1.807, 2.05) is 0 Å². The minimum absolute atomic E-state index is 0.693. The Bertz CT molecular complexity index is 131. The molecular weight excluding hydrogens is 112 g/mol. The molecule has 1 saturated heterocycles. The maximum absolute atomic E-state index is 3.27. The molecule has 2 atom stereocenters. The van der Waals surface area contributed by atoms with Crippen molar-refractivity contribution in [2.45, 2.75) is 18.9 Å². The third kappa shape index (κ3) is 0.884. The zero-order valence-corrected chi connectivity index (χ0v) is 5.43. The first kappa shape index (κ1) is 5.45. The summed E-state index contributed by atoms with van der Waals surface area (Å²) in [4.78, 5) is 0. The van der Waals surface area contributed by atoms with Crippen molar-refractivity contribution < 1.29 is 0 Å². The third-order valence-electron chi connectivity index (χ3n) is 2.18. The van der Waals surface area contributed by atoms with Crippen LogP contribution in [-0.2, 0) is 0 Å².